The zero-order valence-corrected chi connectivity index (χ0v) is 14.9. The Labute approximate surface area is 137 Å². The molecule has 6 heteroatoms. The fraction of sp³-hybridized carbons (Fsp3) is 0.706. The molecule has 3 rings (SSSR count). The first kappa shape index (κ1) is 16.0. The molecular formula is C17H26N4O2. The first-order valence-corrected chi connectivity index (χ1v) is 8.05. The Morgan fingerprint density at radius 2 is 2.13 bits per heavy atom. The van der Waals surface area contributed by atoms with E-state index in [1.54, 1.807) is 0 Å². The Morgan fingerprint density at radius 3 is 2.70 bits per heavy atom. The lowest BCUT2D eigenvalue weighted by Gasteiger charge is -2.54. The number of aromatic nitrogens is 2. The third-order valence-electron chi connectivity index (χ3n) is 5.49. The number of ether oxygens (including phenoxy) is 1. The summed E-state index contributed by atoms with van der Waals surface area (Å²) in [6, 6.07) is 0. The number of carbonyl (C=O) groups excluding carboxylic acids is 1. The average Bonchev–Trinajstić information content (AvgIpc) is 2.82. The van der Waals surface area contributed by atoms with Crippen molar-refractivity contribution in [2.45, 2.75) is 27.2 Å². The largest absolute Gasteiger partial charge is 0.469 e. The van der Waals surface area contributed by atoms with E-state index < -0.39 is 5.41 Å². The molecule has 2 heterocycles. The van der Waals surface area contributed by atoms with Gasteiger partial charge in [-0.05, 0) is 24.7 Å². The summed E-state index contributed by atoms with van der Waals surface area (Å²) in [6.07, 6.45) is 2.72. The van der Waals surface area contributed by atoms with Gasteiger partial charge in [0.15, 0.2) is 0 Å². The van der Waals surface area contributed by atoms with Crippen LogP contribution >= 0.6 is 0 Å². The smallest absolute Gasteiger partial charge is 0.314 e. The van der Waals surface area contributed by atoms with Crippen LogP contribution in [-0.4, -0.2) is 50.2 Å². The summed E-state index contributed by atoms with van der Waals surface area (Å²) in [4.78, 5) is 25.7. The lowest BCUT2D eigenvalue weighted by Crippen LogP contribution is -2.57. The van der Waals surface area contributed by atoms with Crippen molar-refractivity contribution >= 4 is 17.7 Å². The molecule has 0 radical (unpaired) electrons. The number of fused-ring (bicyclic) bond motifs is 1. The molecule has 1 saturated heterocycles. The predicted molar refractivity (Wildman–Crippen MR) is 89.6 cm³/mol. The Kier molecular flexibility index (Phi) is 3.54. The summed E-state index contributed by atoms with van der Waals surface area (Å²) in [7, 11) is 5.44. The van der Waals surface area contributed by atoms with Gasteiger partial charge in [0.1, 0.15) is 5.82 Å². The highest BCUT2D eigenvalue weighted by molar-refractivity contribution is 5.81. The predicted octanol–water partition coefficient (Wildman–Crippen LogP) is 1.88. The van der Waals surface area contributed by atoms with Crippen LogP contribution in [0.15, 0.2) is 6.20 Å². The van der Waals surface area contributed by atoms with E-state index in [-0.39, 0.29) is 17.3 Å². The minimum atomic E-state index is -0.398. The average molecular weight is 318 g/mol. The summed E-state index contributed by atoms with van der Waals surface area (Å²) in [5.41, 5.74) is 0.798. The molecule has 0 bridgehead atoms. The van der Waals surface area contributed by atoms with Crippen molar-refractivity contribution in [2.75, 3.05) is 44.1 Å². The molecule has 126 valence electrons. The second kappa shape index (κ2) is 5.08. The molecular weight excluding hydrogens is 292 g/mol. The van der Waals surface area contributed by atoms with Gasteiger partial charge < -0.3 is 14.5 Å². The summed E-state index contributed by atoms with van der Waals surface area (Å²) in [6.45, 7) is 7.90. The molecule has 1 aliphatic carbocycles. The quantitative estimate of drug-likeness (QED) is 0.793. The second-order valence-corrected chi connectivity index (χ2v) is 7.82. The van der Waals surface area contributed by atoms with E-state index in [2.05, 4.69) is 23.7 Å². The van der Waals surface area contributed by atoms with Crippen molar-refractivity contribution in [2.24, 2.45) is 16.7 Å². The van der Waals surface area contributed by atoms with Gasteiger partial charge in [-0.1, -0.05) is 13.8 Å². The van der Waals surface area contributed by atoms with Crippen LogP contribution in [0.25, 0.3) is 0 Å². The first-order valence-electron chi connectivity index (χ1n) is 8.05. The highest BCUT2D eigenvalue weighted by Gasteiger charge is 2.67. The summed E-state index contributed by atoms with van der Waals surface area (Å²) < 4.78 is 5.10. The molecule has 2 atom stereocenters. The van der Waals surface area contributed by atoms with E-state index in [4.69, 9.17) is 9.72 Å². The van der Waals surface area contributed by atoms with Crippen LogP contribution < -0.4 is 9.80 Å². The third-order valence-corrected chi connectivity index (χ3v) is 5.49. The van der Waals surface area contributed by atoms with E-state index >= 15 is 0 Å². The van der Waals surface area contributed by atoms with Crippen LogP contribution in [0, 0.1) is 23.7 Å². The van der Waals surface area contributed by atoms with Crippen LogP contribution in [-0.2, 0) is 9.53 Å². The monoisotopic (exact) mass is 318 g/mol. The Hall–Kier alpha value is -1.85. The van der Waals surface area contributed by atoms with Crippen molar-refractivity contribution in [3.05, 3.63) is 11.8 Å². The molecule has 2 aliphatic rings. The molecule has 1 saturated carbocycles. The number of rotatable bonds is 3. The van der Waals surface area contributed by atoms with Crippen molar-refractivity contribution < 1.29 is 9.53 Å². The zero-order chi connectivity index (χ0) is 17.0. The number of carbonyl (C=O) groups is 1. The number of aryl methyl sites for hydroxylation is 1. The Balaban J connectivity index is 1.92. The fourth-order valence-electron chi connectivity index (χ4n) is 4.55. The van der Waals surface area contributed by atoms with Gasteiger partial charge in [-0.3, -0.25) is 4.79 Å². The van der Waals surface area contributed by atoms with E-state index in [0.717, 1.165) is 24.3 Å². The van der Waals surface area contributed by atoms with Crippen molar-refractivity contribution in [1.82, 2.24) is 9.97 Å². The minimum absolute atomic E-state index is 0.0933. The number of hydrogen-bond acceptors (Lipinski definition) is 6. The summed E-state index contributed by atoms with van der Waals surface area (Å²) in [5, 5.41) is 0. The molecule has 0 unspecified atom stereocenters. The van der Waals surface area contributed by atoms with E-state index in [1.807, 2.05) is 32.1 Å². The fourth-order valence-corrected chi connectivity index (χ4v) is 4.55. The molecule has 23 heavy (non-hydrogen) atoms. The maximum Gasteiger partial charge on any atom is 0.314 e. The molecule has 2 fully saturated rings. The van der Waals surface area contributed by atoms with Gasteiger partial charge >= 0.3 is 5.97 Å². The van der Waals surface area contributed by atoms with Crippen LogP contribution in [0.5, 0.6) is 0 Å². The van der Waals surface area contributed by atoms with Gasteiger partial charge in [-0.2, -0.15) is 4.98 Å². The van der Waals surface area contributed by atoms with Gasteiger partial charge in [0.25, 0.3) is 0 Å². The highest BCUT2D eigenvalue weighted by atomic mass is 16.5. The normalized spacial score (nSPS) is 28.1. The van der Waals surface area contributed by atoms with Crippen LogP contribution in [0.4, 0.5) is 11.8 Å². The number of nitrogens with zero attached hydrogens (tertiary/aromatic N) is 4. The number of anilines is 2. The number of esters is 1. The molecule has 0 aromatic carbocycles. The molecule has 1 aromatic rings. The van der Waals surface area contributed by atoms with Gasteiger partial charge in [0.2, 0.25) is 5.95 Å². The standard InChI is InChI=1S/C17H26N4O2/c1-11-7-18-15(19-13(11)20(4)5)21-8-12-16(2,3)9-17(12,10-21)14(22)23-6/h7,12H,8-10H2,1-6H3/t12-,17+/m1/s1. The lowest BCUT2D eigenvalue weighted by atomic mass is 9.48. The van der Waals surface area contributed by atoms with Gasteiger partial charge in [0.05, 0.1) is 12.5 Å². The Morgan fingerprint density at radius 1 is 1.43 bits per heavy atom. The SMILES string of the molecule is COC(=O)[C@@]12CN(c3ncc(C)c(N(C)C)n3)C[C@@H]1C(C)(C)C2. The topological polar surface area (TPSA) is 58.6 Å². The van der Waals surface area contributed by atoms with E-state index in [1.165, 1.54) is 7.11 Å². The molecule has 1 aliphatic heterocycles. The van der Waals surface area contributed by atoms with Gasteiger partial charge in [-0.25, -0.2) is 4.98 Å². The maximum absolute atomic E-state index is 12.4. The van der Waals surface area contributed by atoms with Gasteiger partial charge in [-0.15, -0.1) is 0 Å². The van der Waals surface area contributed by atoms with E-state index in [0.29, 0.717) is 12.5 Å². The molecule has 1 aromatic heterocycles. The van der Waals surface area contributed by atoms with Crippen molar-refractivity contribution in [3.8, 4) is 0 Å². The number of methoxy groups -OCH3 is 1. The van der Waals surface area contributed by atoms with Crippen LogP contribution in [0.3, 0.4) is 0 Å². The molecule has 0 spiro atoms. The minimum Gasteiger partial charge on any atom is -0.469 e. The second-order valence-electron chi connectivity index (χ2n) is 7.82. The van der Waals surface area contributed by atoms with E-state index in [9.17, 15) is 4.79 Å². The maximum atomic E-state index is 12.4. The zero-order valence-electron chi connectivity index (χ0n) is 14.9. The highest BCUT2D eigenvalue weighted by Crippen LogP contribution is 2.63. The van der Waals surface area contributed by atoms with Crippen molar-refractivity contribution in [3.63, 3.8) is 0 Å². The molecule has 6 nitrogen and oxygen atoms in total. The summed E-state index contributed by atoms with van der Waals surface area (Å²) >= 11 is 0. The van der Waals surface area contributed by atoms with Gasteiger partial charge in [0, 0.05) is 38.9 Å². The Bertz CT molecular complexity index is 643. The first-order chi connectivity index (χ1) is 10.7. The van der Waals surface area contributed by atoms with Crippen LogP contribution in [0.2, 0.25) is 0 Å². The summed E-state index contributed by atoms with van der Waals surface area (Å²) in [5.74, 6) is 1.81. The molecule has 0 amide bonds. The lowest BCUT2D eigenvalue weighted by molar-refractivity contribution is -0.174. The van der Waals surface area contributed by atoms with Crippen LogP contribution in [0.1, 0.15) is 25.8 Å². The number of hydrogen-bond donors (Lipinski definition) is 0. The third kappa shape index (κ3) is 2.26. The van der Waals surface area contributed by atoms with Crippen molar-refractivity contribution in [1.29, 1.82) is 0 Å². The molecule has 0 N–H and O–H groups in total.